The van der Waals surface area contributed by atoms with Gasteiger partial charge in [0.1, 0.15) is 10.8 Å². The average molecular weight is 344 g/mol. The molecule has 0 spiro atoms. The summed E-state index contributed by atoms with van der Waals surface area (Å²) >= 11 is 6.11. The van der Waals surface area contributed by atoms with E-state index in [1.54, 1.807) is 24.4 Å². The van der Waals surface area contributed by atoms with Crippen molar-refractivity contribution in [1.29, 1.82) is 0 Å². The summed E-state index contributed by atoms with van der Waals surface area (Å²) in [6.07, 6.45) is 1.80. The number of amides is 1. The largest absolute Gasteiger partial charge is 0.308 e. The molecular formula is C18H15ClFN3O. The van der Waals surface area contributed by atoms with Crippen molar-refractivity contribution < 1.29 is 9.18 Å². The fourth-order valence-electron chi connectivity index (χ4n) is 2.32. The Balaban J connectivity index is 1.68. The topological polar surface area (TPSA) is 46.9 Å². The fraction of sp³-hybridized carbons (Fsp3) is 0.111. The maximum absolute atomic E-state index is 13.7. The van der Waals surface area contributed by atoms with Gasteiger partial charge in [-0.05, 0) is 11.6 Å². The maximum Gasteiger partial charge on any atom is 0.230 e. The number of carbonyl (C=O) groups is 1. The molecule has 0 aliphatic rings. The lowest BCUT2D eigenvalue weighted by molar-refractivity contribution is -0.115. The minimum Gasteiger partial charge on any atom is -0.308 e. The molecule has 0 atom stereocenters. The number of anilines is 1. The first-order chi connectivity index (χ1) is 11.6. The number of hydrogen-bond acceptors (Lipinski definition) is 2. The molecule has 0 saturated heterocycles. The van der Waals surface area contributed by atoms with Gasteiger partial charge in [0.2, 0.25) is 5.91 Å². The van der Waals surface area contributed by atoms with E-state index in [-0.39, 0.29) is 30.5 Å². The van der Waals surface area contributed by atoms with Crippen molar-refractivity contribution in [2.75, 3.05) is 5.32 Å². The molecule has 1 amide bonds. The third-order valence-corrected chi connectivity index (χ3v) is 3.75. The van der Waals surface area contributed by atoms with Crippen LogP contribution in [-0.2, 0) is 17.8 Å². The minimum absolute atomic E-state index is 0.209. The zero-order valence-electron chi connectivity index (χ0n) is 12.7. The molecule has 0 saturated carbocycles. The summed E-state index contributed by atoms with van der Waals surface area (Å²) in [6, 6.07) is 15.8. The fourth-order valence-corrected chi connectivity index (χ4v) is 2.52. The predicted molar refractivity (Wildman–Crippen MR) is 91.5 cm³/mol. The number of nitrogens with zero attached hydrogens (tertiary/aromatic N) is 2. The third kappa shape index (κ3) is 4.00. The molecule has 0 aliphatic heterocycles. The molecule has 122 valence electrons. The molecule has 0 radical (unpaired) electrons. The van der Waals surface area contributed by atoms with Crippen molar-refractivity contribution in [1.82, 2.24) is 9.78 Å². The Bertz CT molecular complexity index is 848. The van der Waals surface area contributed by atoms with Crippen LogP contribution in [0.3, 0.4) is 0 Å². The monoisotopic (exact) mass is 343 g/mol. The molecule has 2 aromatic carbocycles. The number of hydrogen-bond donors (Lipinski definition) is 1. The molecular weight excluding hydrogens is 329 g/mol. The highest BCUT2D eigenvalue weighted by atomic mass is 35.5. The first-order valence-corrected chi connectivity index (χ1v) is 7.80. The smallest absolute Gasteiger partial charge is 0.230 e. The Hall–Kier alpha value is -2.66. The van der Waals surface area contributed by atoms with Crippen LogP contribution < -0.4 is 5.32 Å². The van der Waals surface area contributed by atoms with Gasteiger partial charge in [0, 0.05) is 11.8 Å². The number of halogens is 2. The van der Waals surface area contributed by atoms with Gasteiger partial charge in [-0.15, -0.1) is 0 Å². The Morgan fingerprint density at radius 3 is 2.58 bits per heavy atom. The van der Waals surface area contributed by atoms with E-state index >= 15 is 0 Å². The molecule has 0 bridgehead atoms. The summed E-state index contributed by atoms with van der Waals surface area (Å²) in [6.45, 7) is 0.237. The molecule has 0 fully saturated rings. The van der Waals surface area contributed by atoms with Crippen LogP contribution in [-0.4, -0.2) is 15.7 Å². The first kappa shape index (κ1) is 16.2. The molecule has 4 nitrogen and oxygen atoms in total. The summed E-state index contributed by atoms with van der Waals surface area (Å²) in [5.41, 5.74) is 1.40. The lowest BCUT2D eigenvalue weighted by atomic mass is 10.1. The van der Waals surface area contributed by atoms with Gasteiger partial charge in [0.15, 0.2) is 5.82 Å². The number of aromatic nitrogens is 2. The molecule has 3 rings (SSSR count). The van der Waals surface area contributed by atoms with Crippen LogP contribution >= 0.6 is 11.6 Å². The van der Waals surface area contributed by atoms with Crippen LogP contribution in [0.1, 0.15) is 11.1 Å². The van der Waals surface area contributed by atoms with Crippen molar-refractivity contribution >= 4 is 23.3 Å². The van der Waals surface area contributed by atoms with Gasteiger partial charge in [0.25, 0.3) is 0 Å². The Kier molecular flexibility index (Phi) is 4.91. The van der Waals surface area contributed by atoms with Crippen molar-refractivity contribution in [2.45, 2.75) is 13.0 Å². The Morgan fingerprint density at radius 2 is 1.83 bits per heavy atom. The van der Waals surface area contributed by atoms with E-state index in [4.69, 9.17) is 11.6 Å². The lowest BCUT2D eigenvalue weighted by Crippen LogP contribution is -2.15. The molecule has 1 N–H and O–H groups in total. The van der Waals surface area contributed by atoms with Crippen LogP contribution in [0.15, 0.2) is 60.8 Å². The average Bonchev–Trinajstić information content (AvgIpc) is 2.90. The Labute approximate surface area is 143 Å². The standard InChI is InChI=1S/C18H15ClFN3O/c19-15-12-23(11-14-8-4-5-9-16(14)20)22-18(15)21-17(24)10-13-6-2-1-3-7-13/h1-9,12H,10-11H2,(H,21,22,24). The van der Waals surface area contributed by atoms with E-state index < -0.39 is 0 Å². The second kappa shape index (κ2) is 7.27. The second-order valence-corrected chi connectivity index (χ2v) is 5.73. The van der Waals surface area contributed by atoms with Crippen molar-refractivity contribution in [3.8, 4) is 0 Å². The first-order valence-electron chi connectivity index (χ1n) is 7.42. The van der Waals surface area contributed by atoms with Gasteiger partial charge < -0.3 is 5.32 Å². The number of carbonyl (C=O) groups excluding carboxylic acids is 1. The SMILES string of the molecule is O=C(Cc1ccccc1)Nc1nn(Cc2ccccc2F)cc1Cl. The van der Waals surface area contributed by atoms with Gasteiger partial charge in [-0.25, -0.2) is 4.39 Å². The van der Waals surface area contributed by atoms with Crippen LogP contribution in [0.4, 0.5) is 10.2 Å². The minimum atomic E-state index is -0.307. The molecule has 6 heteroatoms. The van der Waals surface area contributed by atoms with E-state index in [0.717, 1.165) is 5.56 Å². The van der Waals surface area contributed by atoms with Crippen molar-refractivity contribution in [2.24, 2.45) is 0 Å². The maximum atomic E-state index is 13.7. The summed E-state index contributed by atoms with van der Waals surface area (Å²) in [5, 5.41) is 7.21. The van der Waals surface area contributed by atoms with Crippen LogP contribution in [0.5, 0.6) is 0 Å². The van der Waals surface area contributed by atoms with Crippen molar-refractivity contribution in [3.63, 3.8) is 0 Å². The van der Waals surface area contributed by atoms with E-state index in [9.17, 15) is 9.18 Å². The van der Waals surface area contributed by atoms with Gasteiger partial charge in [-0.2, -0.15) is 5.10 Å². The van der Waals surface area contributed by atoms with Crippen molar-refractivity contribution in [3.05, 3.63) is 82.8 Å². The number of nitrogens with one attached hydrogen (secondary N) is 1. The van der Waals surface area contributed by atoms with Crippen LogP contribution in [0, 0.1) is 5.82 Å². The quantitative estimate of drug-likeness (QED) is 0.763. The second-order valence-electron chi connectivity index (χ2n) is 5.33. The zero-order valence-corrected chi connectivity index (χ0v) is 13.5. The molecule has 24 heavy (non-hydrogen) atoms. The van der Waals surface area contributed by atoms with Gasteiger partial charge in [-0.3, -0.25) is 9.48 Å². The molecule has 1 heterocycles. The van der Waals surface area contributed by atoms with Crippen LogP contribution in [0.25, 0.3) is 0 Å². The summed E-state index contributed by atoms with van der Waals surface area (Å²) in [7, 11) is 0. The number of rotatable bonds is 5. The van der Waals surface area contributed by atoms with E-state index in [2.05, 4.69) is 10.4 Å². The summed E-state index contributed by atoms with van der Waals surface area (Å²) < 4.78 is 15.2. The van der Waals surface area contributed by atoms with Gasteiger partial charge in [-0.1, -0.05) is 60.1 Å². The van der Waals surface area contributed by atoms with Gasteiger partial charge >= 0.3 is 0 Å². The zero-order chi connectivity index (χ0) is 16.9. The molecule has 0 aliphatic carbocycles. The van der Waals surface area contributed by atoms with E-state index in [1.807, 2.05) is 30.3 Å². The Morgan fingerprint density at radius 1 is 1.12 bits per heavy atom. The molecule has 1 aromatic heterocycles. The van der Waals surface area contributed by atoms with Gasteiger partial charge in [0.05, 0.1) is 13.0 Å². The highest BCUT2D eigenvalue weighted by Crippen LogP contribution is 2.20. The summed E-state index contributed by atoms with van der Waals surface area (Å²) in [4.78, 5) is 12.1. The summed E-state index contributed by atoms with van der Waals surface area (Å²) in [5.74, 6) is -0.244. The highest BCUT2D eigenvalue weighted by Gasteiger charge is 2.12. The third-order valence-electron chi connectivity index (χ3n) is 3.47. The predicted octanol–water partition coefficient (Wildman–Crippen LogP) is 3.91. The molecule has 3 aromatic rings. The van der Waals surface area contributed by atoms with E-state index in [0.29, 0.717) is 10.6 Å². The number of benzene rings is 2. The lowest BCUT2D eigenvalue weighted by Gasteiger charge is -2.04. The highest BCUT2D eigenvalue weighted by molar-refractivity contribution is 6.33. The van der Waals surface area contributed by atoms with Crippen LogP contribution in [0.2, 0.25) is 5.02 Å². The van der Waals surface area contributed by atoms with E-state index in [1.165, 1.54) is 10.7 Å². The normalized spacial score (nSPS) is 10.6. The molecule has 0 unspecified atom stereocenters.